The smallest absolute Gasteiger partial charge is 0.324 e. The van der Waals surface area contributed by atoms with Gasteiger partial charge in [0.1, 0.15) is 5.00 Å². The Morgan fingerprint density at radius 3 is 2.39 bits per heavy atom. The Morgan fingerprint density at radius 2 is 1.65 bits per heavy atom. The molecule has 8 heteroatoms. The number of hydroxylamine groups is 2. The highest BCUT2D eigenvalue weighted by atomic mass is 32.1. The number of anilines is 1. The Kier molecular flexibility index (Phi) is 4.63. The zero-order valence-electron chi connectivity index (χ0n) is 16.2. The fourth-order valence-electron chi connectivity index (χ4n) is 3.84. The van der Waals surface area contributed by atoms with Gasteiger partial charge in [0.15, 0.2) is 0 Å². The van der Waals surface area contributed by atoms with Crippen LogP contribution in [0.4, 0.5) is 5.00 Å². The van der Waals surface area contributed by atoms with Gasteiger partial charge < -0.3 is 10.2 Å². The van der Waals surface area contributed by atoms with Gasteiger partial charge in [-0.1, -0.05) is 23.3 Å². The minimum absolute atomic E-state index is 0.0658. The van der Waals surface area contributed by atoms with E-state index in [1.807, 2.05) is 12.1 Å². The van der Waals surface area contributed by atoms with E-state index in [4.69, 9.17) is 4.84 Å². The second kappa shape index (κ2) is 7.48. The lowest BCUT2D eigenvalue weighted by Gasteiger charge is -2.13. The number of benzene rings is 2. The summed E-state index contributed by atoms with van der Waals surface area (Å²) in [7, 11) is 0. The maximum absolute atomic E-state index is 12.7. The number of nitrogens with one attached hydrogen (secondary N) is 1. The monoisotopic (exact) mass is 432 g/mol. The average Bonchev–Trinajstić information content (AvgIpc) is 3.49. The molecule has 3 amide bonds. The molecule has 31 heavy (non-hydrogen) atoms. The standard InChI is InChI=1S/C23H16N2O5S/c26-19(15-9-8-13-4-3-5-14(13)12-15)24-20-18(10-11-31-20)23(29)30-25-21(27)16-6-1-2-7-17(16)22(25)28/h1-2,6-12H,3-5H2,(H,24,26). The molecule has 0 fully saturated rings. The molecule has 0 unspecified atom stereocenters. The van der Waals surface area contributed by atoms with Crippen molar-refractivity contribution >= 4 is 40.0 Å². The van der Waals surface area contributed by atoms with Gasteiger partial charge in [0.2, 0.25) is 0 Å². The number of carbonyl (C=O) groups excluding carboxylic acids is 4. The number of amides is 3. The van der Waals surface area contributed by atoms with E-state index < -0.39 is 17.8 Å². The third-order valence-electron chi connectivity index (χ3n) is 5.40. The Hall–Kier alpha value is -3.78. The van der Waals surface area contributed by atoms with E-state index in [-0.39, 0.29) is 27.6 Å². The molecule has 2 heterocycles. The van der Waals surface area contributed by atoms with E-state index in [1.54, 1.807) is 23.6 Å². The zero-order valence-corrected chi connectivity index (χ0v) is 17.0. The molecule has 2 aliphatic rings. The highest BCUT2D eigenvalue weighted by Crippen LogP contribution is 2.28. The SMILES string of the molecule is O=C(Nc1sccc1C(=O)ON1C(=O)c2ccccc2C1=O)c1ccc2c(c1)CCC2. The van der Waals surface area contributed by atoms with Crippen LogP contribution >= 0.6 is 11.3 Å². The third kappa shape index (κ3) is 3.30. The van der Waals surface area contributed by atoms with Crippen LogP contribution in [-0.2, 0) is 17.7 Å². The summed E-state index contributed by atoms with van der Waals surface area (Å²) in [6.45, 7) is 0. The lowest BCUT2D eigenvalue weighted by molar-refractivity contribution is -0.0583. The van der Waals surface area contributed by atoms with Crippen molar-refractivity contribution in [2.45, 2.75) is 19.3 Å². The van der Waals surface area contributed by atoms with Gasteiger partial charge in [0.05, 0.1) is 16.7 Å². The van der Waals surface area contributed by atoms with Crippen molar-refractivity contribution < 1.29 is 24.0 Å². The molecule has 0 bridgehead atoms. The van der Waals surface area contributed by atoms with E-state index in [9.17, 15) is 19.2 Å². The highest BCUT2D eigenvalue weighted by molar-refractivity contribution is 7.14. The van der Waals surface area contributed by atoms with Gasteiger partial charge in [0.25, 0.3) is 17.7 Å². The first-order chi connectivity index (χ1) is 15.0. The summed E-state index contributed by atoms with van der Waals surface area (Å²) in [5, 5.41) is 5.10. The fraction of sp³-hybridized carbons (Fsp3) is 0.130. The summed E-state index contributed by atoms with van der Waals surface area (Å²) >= 11 is 1.15. The van der Waals surface area contributed by atoms with Crippen LogP contribution in [-0.4, -0.2) is 28.8 Å². The summed E-state index contributed by atoms with van der Waals surface area (Å²) in [6, 6.07) is 13.3. The van der Waals surface area contributed by atoms with Crippen molar-refractivity contribution in [2.24, 2.45) is 0 Å². The molecule has 0 radical (unpaired) electrons. The van der Waals surface area contributed by atoms with Crippen molar-refractivity contribution in [2.75, 3.05) is 5.32 Å². The summed E-state index contributed by atoms with van der Waals surface area (Å²) in [4.78, 5) is 55.3. The fourth-order valence-corrected chi connectivity index (χ4v) is 4.61. The molecule has 5 rings (SSSR count). The number of fused-ring (bicyclic) bond motifs is 2. The number of imide groups is 1. The zero-order chi connectivity index (χ0) is 21.5. The second-order valence-corrected chi connectivity index (χ2v) is 8.20. The van der Waals surface area contributed by atoms with E-state index in [2.05, 4.69) is 5.32 Å². The molecule has 0 atom stereocenters. The Labute approximate surface area is 181 Å². The van der Waals surface area contributed by atoms with Gasteiger partial charge >= 0.3 is 5.97 Å². The van der Waals surface area contributed by atoms with Crippen LogP contribution in [0.5, 0.6) is 0 Å². The van der Waals surface area contributed by atoms with Gasteiger partial charge in [-0.05, 0) is 66.1 Å². The third-order valence-corrected chi connectivity index (χ3v) is 6.23. The number of aryl methyl sites for hydroxylation is 2. The number of rotatable bonds is 4. The maximum Gasteiger partial charge on any atom is 0.366 e. The normalized spacial score (nSPS) is 14.4. The molecule has 1 N–H and O–H groups in total. The molecular weight excluding hydrogens is 416 g/mol. The second-order valence-electron chi connectivity index (χ2n) is 7.28. The van der Waals surface area contributed by atoms with Crippen LogP contribution in [0.2, 0.25) is 0 Å². The van der Waals surface area contributed by atoms with Gasteiger partial charge in [-0.3, -0.25) is 14.4 Å². The van der Waals surface area contributed by atoms with E-state index in [0.717, 1.165) is 30.6 Å². The topological polar surface area (TPSA) is 92.8 Å². The minimum atomic E-state index is -0.903. The van der Waals surface area contributed by atoms with Gasteiger partial charge in [-0.2, -0.15) is 0 Å². The largest absolute Gasteiger partial charge is 0.366 e. The van der Waals surface area contributed by atoms with Crippen molar-refractivity contribution in [3.8, 4) is 0 Å². The first-order valence-corrected chi connectivity index (χ1v) is 10.6. The molecule has 0 spiro atoms. The average molecular weight is 432 g/mol. The first kappa shape index (κ1) is 19.2. The Morgan fingerprint density at radius 1 is 0.935 bits per heavy atom. The molecule has 3 aromatic rings. The molecule has 7 nitrogen and oxygen atoms in total. The summed E-state index contributed by atoms with van der Waals surface area (Å²) in [5.41, 5.74) is 3.36. The molecule has 1 aliphatic heterocycles. The van der Waals surface area contributed by atoms with Gasteiger partial charge in [-0.25, -0.2) is 4.79 Å². The van der Waals surface area contributed by atoms with Gasteiger partial charge in [-0.15, -0.1) is 11.3 Å². The lowest BCUT2D eigenvalue weighted by Crippen LogP contribution is -2.32. The van der Waals surface area contributed by atoms with Crippen molar-refractivity contribution in [3.63, 3.8) is 0 Å². The van der Waals surface area contributed by atoms with Gasteiger partial charge in [0, 0.05) is 5.56 Å². The van der Waals surface area contributed by atoms with Crippen LogP contribution in [0.25, 0.3) is 0 Å². The van der Waals surface area contributed by atoms with Crippen LogP contribution in [0.15, 0.2) is 53.9 Å². The quantitative estimate of drug-likeness (QED) is 0.632. The van der Waals surface area contributed by atoms with E-state index in [1.165, 1.54) is 29.3 Å². The van der Waals surface area contributed by atoms with Crippen molar-refractivity contribution in [1.82, 2.24) is 5.06 Å². The Bertz CT molecular complexity index is 1230. The minimum Gasteiger partial charge on any atom is -0.324 e. The van der Waals surface area contributed by atoms with Crippen molar-refractivity contribution in [3.05, 3.63) is 87.3 Å². The molecule has 1 aromatic heterocycles. The van der Waals surface area contributed by atoms with Crippen LogP contribution in [0.3, 0.4) is 0 Å². The van der Waals surface area contributed by atoms with Crippen LogP contribution < -0.4 is 5.32 Å². The van der Waals surface area contributed by atoms with Crippen LogP contribution in [0.1, 0.15) is 59.0 Å². The number of thiophene rings is 1. The molecule has 2 aromatic carbocycles. The number of hydrogen-bond acceptors (Lipinski definition) is 6. The predicted molar refractivity (Wildman–Crippen MR) is 113 cm³/mol. The molecule has 0 saturated carbocycles. The molecule has 0 saturated heterocycles. The number of carbonyl (C=O) groups is 4. The first-order valence-electron chi connectivity index (χ1n) is 9.73. The summed E-state index contributed by atoms with van der Waals surface area (Å²) < 4.78 is 0. The summed E-state index contributed by atoms with van der Waals surface area (Å²) in [6.07, 6.45) is 3.06. The highest BCUT2D eigenvalue weighted by Gasteiger charge is 2.39. The lowest BCUT2D eigenvalue weighted by atomic mass is 10.1. The molecule has 154 valence electrons. The molecule has 1 aliphatic carbocycles. The van der Waals surface area contributed by atoms with Crippen molar-refractivity contribution in [1.29, 1.82) is 0 Å². The van der Waals surface area contributed by atoms with E-state index in [0.29, 0.717) is 10.6 Å². The number of hydrogen-bond donors (Lipinski definition) is 1. The van der Waals surface area contributed by atoms with E-state index >= 15 is 0 Å². The summed E-state index contributed by atoms with van der Waals surface area (Å²) in [5.74, 6) is -2.65. The maximum atomic E-state index is 12.7. The predicted octanol–water partition coefficient (Wildman–Crippen LogP) is 3.86. The molecular formula is C23H16N2O5S. The Balaban J connectivity index is 1.32. The number of nitrogens with zero attached hydrogens (tertiary/aromatic N) is 1. The van der Waals surface area contributed by atoms with Crippen LogP contribution in [0, 0.1) is 0 Å².